The molecule has 0 aliphatic heterocycles. The molecule has 0 fully saturated rings. The third-order valence-corrected chi connectivity index (χ3v) is 1.55. The van der Waals surface area contributed by atoms with E-state index in [1.807, 2.05) is 0 Å². The van der Waals surface area contributed by atoms with E-state index in [1.165, 1.54) is 12.5 Å². The van der Waals surface area contributed by atoms with E-state index in [1.54, 1.807) is 0 Å². The summed E-state index contributed by atoms with van der Waals surface area (Å²) in [5, 5.41) is 0. The highest BCUT2D eigenvalue weighted by Gasteiger charge is 2.26. The molecular weight excluding hydrogens is 211 g/mol. The Kier molecular flexibility index (Phi) is 3.70. The monoisotopic (exact) mass is 221 g/mol. The first-order valence-electron chi connectivity index (χ1n) is 4.24. The molecule has 1 rings (SSSR count). The summed E-state index contributed by atoms with van der Waals surface area (Å²) in [4.78, 5) is 7.29. The number of halogens is 3. The second kappa shape index (κ2) is 4.81. The van der Waals surface area contributed by atoms with E-state index in [2.05, 4.69) is 9.97 Å². The van der Waals surface area contributed by atoms with Crippen molar-refractivity contribution in [2.24, 2.45) is 0 Å². The molecule has 0 amide bonds. The van der Waals surface area contributed by atoms with E-state index in [9.17, 15) is 13.2 Å². The van der Waals surface area contributed by atoms with Crippen LogP contribution in [0.4, 0.5) is 18.9 Å². The SMILES string of the molecule is Nc1cncnc1OCCCC(F)(F)F. The highest BCUT2D eigenvalue weighted by Crippen LogP contribution is 2.22. The van der Waals surface area contributed by atoms with Gasteiger partial charge in [-0.15, -0.1) is 0 Å². The molecule has 15 heavy (non-hydrogen) atoms. The van der Waals surface area contributed by atoms with E-state index < -0.39 is 12.6 Å². The summed E-state index contributed by atoms with van der Waals surface area (Å²) in [6.07, 6.45) is -2.60. The standard InChI is InChI=1S/C8H10F3N3O/c9-8(10,11)2-1-3-15-7-6(12)4-13-5-14-7/h4-5H,1-3,12H2. The summed E-state index contributed by atoms with van der Waals surface area (Å²) >= 11 is 0. The number of hydrogen-bond acceptors (Lipinski definition) is 4. The molecule has 1 aromatic rings. The van der Waals surface area contributed by atoms with E-state index >= 15 is 0 Å². The van der Waals surface area contributed by atoms with Crippen LogP contribution in [0.2, 0.25) is 0 Å². The number of rotatable bonds is 4. The Balaban J connectivity index is 2.30. The molecule has 0 saturated carbocycles. The molecule has 0 aliphatic rings. The number of ether oxygens (including phenoxy) is 1. The number of nitrogens with zero attached hydrogens (tertiary/aromatic N) is 2. The molecule has 1 aromatic heterocycles. The van der Waals surface area contributed by atoms with Gasteiger partial charge < -0.3 is 10.5 Å². The van der Waals surface area contributed by atoms with E-state index in [-0.39, 0.29) is 24.6 Å². The predicted octanol–water partition coefficient (Wildman–Crippen LogP) is 1.78. The first-order chi connectivity index (χ1) is 6.99. The Bertz CT molecular complexity index is 316. The second-order valence-electron chi connectivity index (χ2n) is 2.85. The van der Waals surface area contributed by atoms with Crippen LogP contribution >= 0.6 is 0 Å². The molecule has 0 saturated heterocycles. The Labute approximate surface area is 84.3 Å². The lowest BCUT2D eigenvalue weighted by molar-refractivity contribution is -0.136. The number of anilines is 1. The Morgan fingerprint density at radius 2 is 2.13 bits per heavy atom. The number of hydrogen-bond donors (Lipinski definition) is 1. The molecule has 2 N–H and O–H groups in total. The Hall–Kier alpha value is -1.53. The van der Waals surface area contributed by atoms with Crippen LogP contribution in [0.5, 0.6) is 5.88 Å². The molecule has 0 radical (unpaired) electrons. The van der Waals surface area contributed by atoms with E-state index in [0.29, 0.717) is 0 Å². The molecular formula is C8H10F3N3O. The molecule has 0 unspecified atom stereocenters. The summed E-state index contributed by atoms with van der Waals surface area (Å²) < 4.78 is 40.2. The predicted molar refractivity (Wildman–Crippen MR) is 47.2 cm³/mol. The Morgan fingerprint density at radius 3 is 2.73 bits per heavy atom. The van der Waals surface area contributed by atoms with Crippen LogP contribution in [0.15, 0.2) is 12.5 Å². The number of nitrogens with two attached hydrogens (primary N) is 1. The van der Waals surface area contributed by atoms with Crippen LogP contribution in [-0.4, -0.2) is 22.8 Å². The van der Waals surface area contributed by atoms with Gasteiger partial charge in [0, 0.05) is 6.42 Å². The quantitative estimate of drug-likeness (QED) is 0.787. The third-order valence-electron chi connectivity index (χ3n) is 1.55. The van der Waals surface area contributed by atoms with Gasteiger partial charge in [-0.1, -0.05) is 0 Å². The first-order valence-corrected chi connectivity index (χ1v) is 4.24. The van der Waals surface area contributed by atoms with Crippen molar-refractivity contribution in [2.75, 3.05) is 12.3 Å². The van der Waals surface area contributed by atoms with Crippen molar-refractivity contribution in [1.29, 1.82) is 0 Å². The fourth-order valence-corrected chi connectivity index (χ4v) is 0.891. The molecule has 0 bridgehead atoms. The van der Waals surface area contributed by atoms with Crippen molar-refractivity contribution in [3.8, 4) is 5.88 Å². The summed E-state index contributed by atoms with van der Waals surface area (Å²) in [5.41, 5.74) is 5.63. The Morgan fingerprint density at radius 1 is 1.40 bits per heavy atom. The highest BCUT2D eigenvalue weighted by atomic mass is 19.4. The van der Waals surface area contributed by atoms with Crippen molar-refractivity contribution in [3.63, 3.8) is 0 Å². The maximum absolute atomic E-state index is 11.8. The van der Waals surface area contributed by atoms with E-state index in [0.717, 1.165) is 0 Å². The van der Waals surface area contributed by atoms with Crippen LogP contribution in [0.3, 0.4) is 0 Å². The van der Waals surface area contributed by atoms with Gasteiger partial charge in [-0.05, 0) is 6.42 Å². The maximum atomic E-state index is 11.8. The van der Waals surface area contributed by atoms with Crippen LogP contribution in [-0.2, 0) is 0 Å². The molecule has 84 valence electrons. The number of alkyl halides is 3. The molecule has 0 spiro atoms. The van der Waals surface area contributed by atoms with Crippen molar-refractivity contribution >= 4 is 5.69 Å². The van der Waals surface area contributed by atoms with Gasteiger partial charge in [0.2, 0.25) is 5.88 Å². The van der Waals surface area contributed by atoms with Gasteiger partial charge in [-0.3, -0.25) is 0 Å². The van der Waals surface area contributed by atoms with Gasteiger partial charge in [0.15, 0.2) is 0 Å². The summed E-state index contributed by atoms with van der Waals surface area (Å²) in [7, 11) is 0. The zero-order chi connectivity index (χ0) is 11.3. The molecule has 0 aromatic carbocycles. The van der Waals surface area contributed by atoms with Gasteiger partial charge in [0.1, 0.15) is 12.0 Å². The second-order valence-corrected chi connectivity index (χ2v) is 2.85. The van der Waals surface area contributed by atoms with E-state index in [4.69, 9.17) is 10.5 Å². The summed E-state index contributed by atoms with van der Waals surface area (Å²) in [6.45, 7) is -0.0687. The minimum atomic E-state index is -4.15. The van der Waals surface area contributed by atoms with Crippen molar-refractivity contribution < 1.29 is 17.9 Å². The lowest BCUT2D eigenvalue weighted by Gasteiger charge is -2.08. The molecule has 1 heterocycles. The summed E-state index contributed by atoms with van der Waals surface area (Å²) in [6, 6.07) is 0. The smallest absolute Gasteiger partial charge is 0.389 e. The minimum absolute atomic E-state index is 0.0687. The van der Waals surface area contributed by atoms with Gasteiger partial charge in [0.05, 0.1) is 12.8 Å². The third kappa shape index (κ3) is 4.48. The zero-order valence-corrected chi connectivity index (χ0v) is 7.79. The first kappa shape index (κ1) is 11.5. The lowest BCUT2D eigenvalue weighted by atomic mass is 10.3. The van der Waals surface area contributed by atoms with Gasteiger partial charge in [-0.2, -0.15) is 13.2 Å². The van der Waals surface area contributed by atoms with Crippen LogP contribution in [0.1, 0.15) is 12.8 Å². The van der Waals surface area contributed by atoms with Gasteiger partial charge in [-0.25, -0.2) is 9.97 Å². The van der Waals surface area contributed by atoms with Crippen molar-refractivity contribution in [3.05, 3.63) is 12.5 Å². The average molecular weight is 221 g/mol. The number of aromatic nitrogens is 2. The molecule has 4 nitrogen and oxygen atoms in total. The minimum Gasteiger partial charge on any atom is -0.476 e. The largest absolute Gasteiger partial charge is 0.476 e. The highest BCUT2D eigenvalue weighted by molar-refractivity contribution is 5.44. The molecule has 0 aliphatic carbocycles. The normalized spacial score (nSPS) is 11.4. The van der Waals surface area contributed by atoms with Gasteiger partial charge in [0.25, 0.3) is 0 Å². The van der Waals surface area contributed by atoms with Crippen LogP contribution in [0, 0.1) is 0 Å². The number of nitrogen functional groups attached to an aromatic ring is 1. The maximum Gasteiger partial charge on any atom is 0.389 e. The van der Waals surface area contributed by atoms with Gasteiger partial charge >= 0.3 is 6.18 Å². The molecule has 0 atom stereocenters. The van der Waals surface area contributed by atoms with Crippen molar-refractivity contribution in [1.82, 2.24) is 9.97 Å². The van der Waals surface area contributed by atoms with Crippen molar-refractivity contribution in [2.45, 2.75) is 19.0 Å². The summed E-state index contributed by atoms with van der Waals surface area (Å²) in [5.74, 6) is 0.118. The zero-order valence-electron chi connectivity index (χ0n) is 7.79. The van der Waals surface area contributed by atoms with Crippen LogP contribution < -0.4 is 10.5 Å². The fourth-order valence-electron chi connectivity index (χ4n) is 0.891. The molecule has 7 heteroatoms. The lowest BCUT2D eigenvalue weighted by Crippen LogP contribution is -2.10. The topological polar surface area (TPSA) is 61.0 Å². The van der Waals surface area contributed by atoms with Crippen LogP contribution in [0.25, 0.3) is 0 Å². The fraction of sp³-hybridized carbons (Fsp3) is 0.500. The average Bonchev–Trinajstić information content (AvgIpc) is 2.13.